The van der Waals surface area contributed by atoms with Gasteiger partial charge in [0.2, 0.25) is 0 Å². The zero-order chi connectivity index (χ0) is 14.3. The Morgan fingerprint density at radius 3 is 2.90 bits per heavy atom. The normalized spacial score (nSPS) is 30.0. The highest BCUT2D eigenvalue weighted by Gasteiger charge is 2.42. The van der Waals surface area contributed by atoms with Gasteiger partial charge in [-0.1, -0.05) is 0 Å². The summed E-state index contributed by atoms with van der Waals surface area (Å²) in [5.74, 6) is 0.587. The molecule has 3 rings (SSSR count). The maximum Gasteiger partial charge on any atom is 0.167 e. The second-order valence-corrected chi connectivity index (χ2v) is 4.61. The molecule has 2 aromatic heterocycles. The van der Waals surface area contributed by atoms with Crippen LogP contribution in [0.2, 0.25) is 0 Å². The van der Waals surface area contributed by atoms with Gasteiger partial charge in [0.05, 0.1) is 19.0 Å². The van der Waals surface area contributed by atoms with E-state index in [0.29, 0.717) is 17.0 Å². The van der Waals surface area contributed by atoms with Crippen molar-refractivity contribution in [3.8, 4) is 0 Å². The van der Waals surface area contributed by atoms with Gasteiger partial charge in [-0.2, -0.15) is 0 Å². The number of anilines is 1. The molecule has 20 heavy (non-hydrogen) atoms. The van der Waals surface area contributed by atoms with Crippen molar-refractivity contribution in [1.82, 2.24) is 19.5 Å². The molecule has 1 saturated heterocycles. The third-order valence-corrected chi connectivity index (χ3v) is 3.48. The van der Waals surface area contributed by atoms with Crippen molar-refractivity contribution in [2.75, 3.05) is 19.0 Å². The predicted octanol–water partition coefficient (Wildman–Crippen LogP) is -1.55. The molecule has 2 aromatic rings. The average molecular weight is 280 g/mol. The van der Waals surface area contributed by atoms with Gasteiger partial charge in [0, 0.05) is 7.05 Å². The molecule has 1 unspecified atom stereocenters. The third kappa shape index (κ3) is 1.83. The lowest BCUT2D eigenvalue weighted by Crippen LogP contribution is -2.41. The van der Waals surface area contributed by atoms with Crippen LogP contribution in [0.4, 0.5) is 5.82 Å². The molecule has 1 aliphatic rings. The largest absolute Gasteiger partial charge is 0.394 e. The van der Waals surface area contributed by atoms with Gasteiger partial charge in [0.15, 0.2) is 17.7 Å². The number of aromatic nitrogens is 4. The van der Waals surface area contributed by atoms with Gasteiger partial charge in [-0.25, -0.2) is 15.0 Å². The number of hydrogen-bond donors (Lipinski definition) is 4. The Bertz CT molecular complexity index is 617. The van der Waals surface area contributed by atoms with Crippen molar-refractivity contribution >= 4 is 17.0 Å². The lowest BCUT2D eigenvalue weighted by Gasteiger charge is -2.16. The summed E-state index contributed by atoms with van der Waals surface area (Å²) in [5.41, 5.74) is 6.92. The van der Waals surface area contributed by atoms with Crippen molar-refractivity contribution in [3.05, 3.63) is 12.7 Å². The number of imidazole rings is 1. The van der Waals surface area contributed by atoms with Crippen LogP contribution in [0.15, 0.2) is 12.7 Å². The number of nitrogens with two attached hydrogens (primary N) is 1. The first kappa shape index (κ1) is 13.2. The molecular weight excluding hydrogens is 264 g/mol. The van der Waals surface area contributed by atoms with Crippen LogP contribution in [-0.4, -0.2) is 61.6 Å². The maximum atomic E-state index is 10.1. The molecule has 3 heterocycles. The van der Waals surface area contributed by atoms with Gasteiger partial charge >= 0.3 is 0 Å². The highest BCUT2D eigenvalue weighted by atomic mass is 16.5. The first-order chi connectivity index (χ1) is 9.67. The van der Waals surface area contributed by atoms with E-state index in [9.17, 15) is 10.2 Å². The maximum absolute atomic E-state index is 10.1. The topological polar surface area (TPSA) is 131 Å². The van der Waals surface area contributed by atoms with E-state index >= 15 is 0 Å². The highest BCUT2D eigenvalue weighted by Crippen LogP contribution is 2.31. The van der Waals surface area contributed by atoms with E-state index in [-0.39, 0.29) is 6.61 Å². The van der Waals surface area contributed by atoms with Crippen molar-refractivity contribution < 1.29 is 14.9 Å². The average Bonchev–Trinajstić information content (AvgIpc) is 3.01. The molecule has 0 saturated carbocycles. The minimum Gasteiger partial charge on any atom is -0.394 e. The molecule has 0 amide bonds. The lowest BCUT2D eigenvalue weighted by atomic mass is 10.1. The van der Waals surface area contributed by atoms with Crippen LogP contribution in [0, 0.1) is 0 Å². The summed E-state index contributed by atoms with van der Waals surface area (Å²) >= 11 is 0. The highest BCUT2D eigenvalue weighted by molar-refractivity contribution is 5.82. The number of aliphatic hydroxyl groups is 2. The molecule has 9 heteroatoms. The summed E-state index contributed by atoms with van der Waals surface area (Å²) in [6, 6.07) is -0.659. The Morgan fingerprint density at radius 2 is 2.25 bits per heavy atom. The molecule has 9 nitrogen and oxygen atoms in total. The van der Waals surface area contributed by atoms with Crippen LogP contribution < -0.4 is 11.1 Å². The number of fused-ring (bicyclic) bond motifs is 1. The number of ether oxygens (including phenoxy) is 1. The summed E-state index contributed by atoms with van der Waals surface area (Å²) in [7, 11) is 1.74. The zero-order valence-corrected chi connectivity index (χ0v) is 10.8. The van der Waals surface area contributed by atoms with Gasteiger partial charge in [-0.3, -0.25) is 4.57 Å². The molecule has 0 bridgehead atoms. The lowest BCUT2D eigenvalue weighted by molar-refractivity contribution is -0.0488. The smallest absolute Gasteiger partial charge is 0.167 e. The van der Waals surface area contributed by atoms with Crippen molar-refractivity contribution in [1.29, 1.82) is 0 Å². The molecule has 108 valence electrons. The van der Waals surface area contributed by atoms with Crippen LogP contribution in [0.1, 0.15) is 6.23 Å². The fourth-order valence-electron chi connectivity index (χ4n) is 2.38. The van der Waals surface area contributed by atoms with Crippen LogP contribution >= 0.6 is 0 Å². The Balaban J connectivity index is 2.03. The van der Waals surface area contributed by atoms with Crippen LogP contribution in [0.5, 0.6) is 0 Å². The summed E-state index contributed by atoms with van der Waals surface area (Å²) in [5, 5.41) is 22.3. The molecule has 0 radical (unpaired) electrons. The Kier molecular flexibility index (Phi) is 3.26. The number of rotatable bonds is 3. The van der Waals surface area contributed by atoms with Gasteiger partial charge in [-0.05, 0) is 0 Å². The van der Waals surface area contributed by atoms with Crippen molar-refractivity contribution in [3.63, 3.8) is 0 Å². The molecule has 1 aliphatic heterocycles. The number of hydrogen-bond acceptors (Lipinski definition) is 8. The minimum atomic E-state index is -0.947. The molecule has 0 spiro atoms. The SMILES string of the molecule is CNc1ncnc2c1ncn2[C@@H]1O[C@H](CO)[C@H](N)C1O. The first-order valence-corrected chi connectivity index (χ1v) is 6.22. The fraction of sp³-hybridized carbons (Fsp3) is 0.545. The number of nitrogens with one attached hydrogen (secondary N) is 1. The third-order valence-electron chi connectivity index (χ3n) is 3.48. The Hall–Kier alpha value is -1.81. The second-order valence-electron chi connectivity index (χ2n) is 4.61. The minimum absolute atomic E-state index is 0.252. The van der Waals surface area contributed by atoms with E-state index in [1.165, 1.54) is 12.7 Å². The first-order valence-electron chi connectivity index (χ1n) is 6.22. The van der Waals surface area contributed by atoms with Crippen molar-refractivity contribution in [2.45, 2.75) is 24.5 Å². The zero-order valence-electron chi connectivity index (χ0n) is 10.8. The van der Waals surface area contributed by atoms with Crippen molar-refractivity contribution in [2.24, 2.45) is 5.73 Å². The van der Waals surface area contributed by atoms with Crippen LogP contribution in [0.3, 0.4) is 0 Å². The van der Waals surface area contributed by atoms with Gasteiger partial charge in [0.25, 0.3) is 0 Å². The quantitative estimate of drug-likeness (QED) is 0.531. The summed E-state index contributed by atoms with van der Waals surface area (Å²) in [6.45, 7) is -0.252. The van der Waals surface area contributed by atoms with E-state index in [4.69, 9.17) is 10.5 Å². The molecule has 5 N–H and O–H groups in total. The standard InChI is InChI=1S/C11H16N6O3/c1-13-9-7-10(15-3-14-9)17(4-16-7)11-8(19)6(12)5(2-18)20-11/h3-6,8,11,18-19H,2,12H2,1H3,(H,13,14,15)/t5-,6+,8?,11-/m1/s1. The van der Waals surface area contributed by atoms with Crippen LogP contribution in [-0.2, 0) is 4.74 Å². The Morgan fingerprint density at radius 1 is 1.45 bits per heavy atom. The van der Waals surface area contributed by atoms with E-state index in [1.54, 1.807) is 11.6 Å². The molecule has 1 fully saturated rings. The summed E-state index contributed by atoms with van der Waals surface area (Å²) in [4.78, 5) is 12.4. The molecule has 0 aromatic carbocycles. The fourth-order valence-corrected chi connectivity index (χ4v) is 2.38. The molecule has 4 atom stereocenters. The second kappa shape index (κ2) is 4.94. The van der Waals surface area contributed by atoms with Gasteiger partial charge in [-0.15, -0.1) is 0 Å². The van der Waals surface area contributed by atoms with E-state index in [1.807, 2.05) is 0 Å². The van der Waals surface area contributed by atoms with E-state index in [0.717, 1.165) is 0 Å². The van der Waals surface area contributed by atoms with Crippen LogP contribution in [0.25, 0.3) is 11.2 Å². The molecule has 0 aliphatic carbocycles. The van der Waals surface area contributed by atoms with E-state index in [2.05, 4.69) is 20.3 Å². The number of nitrogens with zero attached hydrogens (tertiary/aromatic N) is 4. The predicted molar refractivity (Wildman–Crippen MR) is 69.8 cm³/mol. The van der Waals surface area contributed by atoms with E-state index < -0.39 is 24.5 Å². The summed E-state index contributed by atoms with van der Waals surface area (Å²) in [6.07, 6.45) is 0.625. The van der Waals surface area contributed by atoms with Gasteiger partial charge < -0.3 is 26.0 Å². The Labute approximate surface area is 114 Å². The summed E-state index contributed by atoms with van der Waals surface area (Å²) < 4.78 is 7.17. The van der Waals surface area contributed by atoms with Gasteiger partial charge in [0.1, 0.15) is 24.1 Å². The monoisotopic (exact) mass is 280 g/mol. The number of aliphatic hydroxyl groups excluding tert-OH is 2. The molecular formula is C11H16N6O3.